The molecule has 0 saturated heterocycles. The Morgan fingerprint density at radius 3 is 1.55 bits per heavy atom. The minimum atomic E-state index is -0.0370. The molecule has 0 bridgehead atoms. The number of rotatable bonds is 1. The summed E-state index contributed by atoms with van der Waals surface area (Å²) in [6, 6.07) is 0. The predicted octanol–water partition coefficient (Wildman–Crippen LogP) is -1.11. The number of hydrazine groups is 1. The van der Waals surface area contributed by atoms with Gasteiger partial charge in [-0.1, -0.05) is 0 Å². The van der Waals surface area contributed by atoms with Gasteiger partial charge in [0.25, 0.3) is 0 Å². The number of nitrogens with one attached hydrogen (secondary N) is 3. The molecule has 0 heterocycles. The van der Waals surface area contributed by atoms with Crippen LogP contribution in [0.5, 0.6) is 0 Å². The van der Waals surface area contributed by atoms with Crippen LogP contribution in [0.2, 0.25) is 0 Å². The van der Waals surface area contributed by atoms with Gasteiger partial charge in [-0.25, -0.2) is 5.01 Å². The van der Waals surface area contributed by atoms with Crippen molar-refractivity contribution in [2.45, 2.75) is 6.92 Å². The summed E-state index contributed by atoms with van der Waals surface area (Å²) in [5, 5.41) is 14.5. The Morgan fingerprint density at radius 2 is 1.55 bits per heavy atom. The number of guanidine groups is 1. The van der Waals surface area contributed by atoms with E-state index < -0.39 is 0 Å². The van der Waals surface area contributed by atoms with Crippen molar-refractivity contribution >= 4 is 11.8 Å². The highest BCUT2D eigenvalue weighted by molar-refractivity contribution is 5.73. The molecule has 0 aromatic heterocycles. The molecular weight excluding hydrogens is 144 g/mol. The first-order valence-electron chi connectivity index (χ1n) is 2.95. The van der Waals surface area contributed by atoms with Gasteiger partial charge in [-0.05, 0) is 6.92 Å². The van der Waals surface area contributed by atoms with Gasteiger partial charge in [0.15, 0.2) is 0 Å². The molecule has 6 heteroatoms. The molecule has 0 aromatic carbocycles. The monoisotopic (exact) mass is 160 g/mol. The SMILES string of the molecule is CC(=N)N.CN(C)NC(=N)N. The lowest BCUT2D eigenvalue weighted by Gasteiger charge is -2.09. The molecule has 0 aromatic rings. The van der Waals surface area contributed by atoms with Crippen molar-refractivity contribution in [1.29, 1.82) is 10.8 Å². The third-order valence-corrected chi connectivity index (χ3v) is 0.344. The Morgan fingerprint density at radius 1 is 1.27 bits per heavy atom. The maximum Gasteiger partial charge on any atom is 0.200 e. The standard InChI is InChI=1S/C3H10N4.C2H6N2/c1-7(2)6-3(4)5;1-2(3)4/h1-2H3,(H4,4,5,6);1H3,(H3,3,4). The average molecular weight is 160 g/mol. The summed E-state index contributed by atoms with van der Waals surface area (Å²) in [5.74, 6) is 0.130. The number of nitrogens with two attached hydrogens (primary N) is 2. The molecule has 6 nitrogen and oxygen atoms in total. The second kappa shape index (κ2) is 6.81. The van der Waals surface area contributed by atoms with Crippen molar-refractivity contribution < 1.29 is 0 Å². The summed E-state index contributed by atoms with van der Waals surface area (Å²) in [6.45, 7) is 1.53. The number of amidine groups is 1. The molecule has 0 radical (unpaired) electrons. The van der Waals surface area contributed by atoms with E-state index in [9.17, 15) is 0 Å². The maximum atomic E-state index is 6.65. The van der Waals surface area contributed by atoms with Crippen molar-refractivity contribution in [2.75, 3.05) is 14.1 Å². The van der Waals surface area contributed by atoms with Gasteiger partial charge < -0.3 is 11.5 Å². The molecule has 0 fully saturated rings. The highest BCUT2D eigenvalue weighted by atomic mass is 15.5. The van der Waals surface area contributed by atoms with E-state index in [1.54, 1.807) is 19.1 Å². The summed E-state index contributed by atoms with van der Waals surface area (Å²) >= 11 is 0. The molecule has 0 amide bonds. The number of hydrogen-bond acceptors (Lipinski definition) is 3. The summed E-state index contributed by atoms with van der Waals surface area (Å²) in [5.41, 5.74) is 12.1. The topological polar surface area (TPSA) is 115 Å². The first kappa shape index (κ1) is 12.4. The second-order valence-electron chi connectivity index (χ2n) is 2.10. The van der Waals surface area contributed by atoms with Crippen molar-refractivity contribution in [3.8, 4) is 0 Å². The van der Waals surface area contributed by atoms with Crippen molar-refractivity contribution in [3.05, 3.63) is 0 Å². The molecule has 0 aliphatic carbocycles. The molecule has 0 rings (SSSR count). The van der Waals surface area contributed by atoms with E-state index in [1.165, 1.54) is 6.92 Å². The zero-order valence-electron chi connectivity index (χ0n) is 7.10. The fourth-order valence-electron chi connectivity index (χ4n) is 0.241. The zero-order chi connectivity index (χ0) is 9.44. The van der Waals surface area contributed by atoms with Gasteiger partial charge in [0.2, 0.25) is 5.96 Å². The largest absolute Gasteiger partial charge is 0.388 e. The molecule has 11 heavy (non-hydrogen) atoms. The molecule has 66 valence electrons. The Balaban J connectivity index is 0. The normalized spacial score (nSPS) is 8.00. The van der Waals surface area contributed by atoms with Crippen molar-refractivity contribution in [2.24, 2.45) is 11.5 Å². The van der Waals surface area contributed by atoms with E-state index in [0.717, 1.165) is 0 Å². The van der Waals surface area contributed by atoms with Crippen LogP contribution in [0.4, 0.5) is 0 Å². The Hall–Kier alpha value is -1.30. The molecule has 0 unspecified atom stereocenters. The van der Waals surface area contributed by atoms with Crippen LogP contribution in [-0.2, 0) is 0 Å². The van der Waals surface area contributed by atoms with E-state index in [-0.39, 0.29) is 11.8 Å². The molecule has 0 spiro atoms. The summed E-state index contributed by atoms with van der Waals surface area (Å²) in [7, 11) is 3.53. The van der Waals surface area contributed by atoms with Crippen LogP contribution in [-0.4, -0.2) is 30.9 Å². The van der Waals surface area contributed by atoms with Gasteiger partial charge in [0, 0.05) is 14.1 Å². The third-order valence-electron chi connectivity index (χ3n) is 0.344. The van der Waals surface area contributed by atoms with E-state index >= 15 is 0 Å². The zero-order valence-corrected chi connectivity index (χ0v) is 7.10. The van der Waals surface area contributed by atoms with Crippen LogP contribution >= 0.6 is 0 Å². The lowest BCUT2D eigenvalue weighted by atomic mass is 10.8. The van der Waals surface area contributed by atoms with Crippen LogP contribution in [0, 0.1) is 10.8 Å². The second-order valence-corrected chi connectivity index (χ2v) is 2.10. The number of nitrogens with zero attached hydrogens (tertiary/aromatic N) is 1. The minimum Gasteiger partial charge on any atom is -0.388 e. The quantitative estimate of drug-likeness (QED) is 0.190. The van der Waals surface area contributed by atoms with Gasteiger partial charge in [-0.3, -0.25) is 16.2 Å². The smallest absolute Gasteiger partial charge is 0.200 e. The van der Waals surface area contributed by atoms with Crippen LogP contribution in [0.15, 0.2) is 0 Å². The van der Waals surface area contributed by atoms with E-state index in [2.05, 4.69) is 5.43 Å². The van der Waals surface area contributed by atoms with Crippen LogP contribution in [0.1, 0.15) is 6.92 Å². The highest BCUT2D eigenvalue weighted by Crippen LogP contribution is 1.56. The fourth-order valence-corrected chi connectivity index (χ4v) is 0.241. The van der Waals surface area contributed by atoms with Crippen LogP contribution in [0.25, 0.3) is 0 Å². The molecule has 0 aliphatic heterocycles. The third kappa shape index (κ3) is 53.6. The summed E-state index contributed by atoms with van der Waals surface area (Å²) in [4.78, 5) is 0. The van der Waals surface area contributed by atoms with Crippen molar-refractivity contribution in [1.82, 2.24) is 10.4 Å². The molecule has 7 N–H and O–H groups in total. The predicted molar refractivity (Wildman–Crippen MR) is 46.3 cm³/mol. The van der Waals surface area contributed by atoms with Gasteiger partial charge in [-0.15, -0.1) is 0 Å². The highest BCUT2D eigenvalue weighted by Gasteiger charge is 1.83. The van der Waals surface area contributed by atoms with Crippen molar-refractivity contribution in [3.63, 3.8) is 0 Å². The lowest BCUT2D eigenvalue weighted by Crippen LogP contribution is -2.40. The summed E-state index contributed by atoms with van der Waals surface area (Å²) < 4.78 is 0. The average Bonchev–Trinajstić information content (AvgIpc) is 1.56. The molecular formula is C5H16N6. The Bertz CT molecular complexity index is 125. The molecule has 0 aliphatic rings. The first-order valence-corrected chi connectivity index (χ1v) is 2.95. The van der Waals surface area contributed by atoms with Gasteiger partial charge >= 0.3 is 0 Å². The lowest BCUT2D eigenvalue weighted by molar-refractivity contribution is 0.359. The first-order chi connectivity index (χ1) is 4.86. The van der Waals surface area contributed by atoms with Gasteiger partial charge in [-0.2, -0.15) is 0 Å². The minimum absolute atomic E-state index is 0.0370. The molecule has 0 atom stereocenters. The van der Waals surface area contributed by atoms with Gasteiger partial charge in [0.1, 0.15) is 0 Å². The van der Waals surface area contributed by atoms with E-state index in [0.29, 0.717) is 0 Å². The van der Waals surface area contributed by atoms with Gasteiger partial charge in [0.05, 0.1) is 5.84 Å². The fraction of sp³-hybridized carbons (Fsp3) is 0.600. The maximum absolute atomic E-state index is 6.65. The van der Waals surface area contributed by atoms with Crippen LogP contribution < -0.4 is 16.9 Å². The Kier molecular flexibility index (Phi) is 7.67. The Labute approximate surface area is 66.5 Å². The molecule has 0 saturated carbocycles. The van der Waals surface area contributed by atoms with Crippen LogP contribution in [0.3, 0.4) is 0 Å². The number of hydrogen-bond donors (Lipinski definition) is 5. The van der Waals surface area contributed by atoms with E-state index in [4.69, 9.17) is 22.3 Å². The summed E-state index contributed by atoms with van der Waals surface area (Å²) in [6.07, 6.45) is 0. The van der Waals surface area contributed by atoms with E-state index in [1.807, 2.05) is 0 Å².